The second-order valence-corrected chi connectivity index (χ2v) is 4.80. The third-order valence-electron chi connectivity index (χ3n) is 3.69. The number of aryl methyl sites for hydroxylation is 1. The van der Waals surface area contributed by atoms with Crippen molar-refractivity contribution in [1.82, 2.24) is 4.98 Å². The van der Waals surface area contributed by atoms with Gasteiger partial charge in [0.1, 0.15) is 0 Å². The molecule has 2 rings (SSSR count). The lowest BCUT2D eigenvalue weighted by atomic mass is 9.70. The normalized spacial score (nSPS) is 20.1. The predicted octanol–water partition coefficient (Wildman–Crippen LogP) is 2.55. The first-order valence-corrected chi connectivity index (χ1v) is 5.89. The maximum absolute atomic E-state index is 5.99. The van der Waals surface area contributed by atoms with E-state index in [1.54, 1.807) is 0 Å². The number of pyridine rings is 1. The summed E-state index contributed by atoms with van der Waals surface area (Å²) in [6, 6.07) is 2.26. The molecular formula is C13H20N2. The van der Waals surface area contributed by atoms with Crippen LogP contribution in [0.25, 0.3) is 0 Å². The molecule has 0 saturated heterocycles. The van der Waals surface area contributed by atoms with Crippen molar-refractivity contribution in [3.05, 3.63) is 29.6 Å². The molecule has 1 aromatic rings. The number of nitrogens with two attached hydrogens (primary N) is 1. The second kappa shape index (κ2) is 4.31. The Morgan fingerprint density at radius 1 is 1.27 bits per heavy atom. The van der Waals surface area contributed by atoms with Crippen LogP contribution in [0.2, 0.25) is 0 Å². The molecule has 15 heavy (non-hydrogen) atoms. The molecule has 0 unspecified atom stereocenters. The highest BCUT2D eigenvalue weighted by Crippen LogP contribution is 2.38. The highest BCUT2D eigenvalue weighted by Gasteiger charge is 2.32. The minimum absolute atomic E-state index is 0.220. The molecule has 0 amide bonds. The molecule has 1 saturated carbocycles. The van der Waals surface area contributed by atoms with E-state index in [-0.39, 0.29) is 5.41 Å². The van der Waals surface area contributed by atoms with Crippen molar-refractivity contribution in [1.29, 1.82) is 0 Å². The molecular weight excluding hydrogens is 184 g/mol. The van der Waals surface area contributed by atoms with Gasteiger partial charge in [-0.1, -0.05) is 25.3 Å². The fourth-order valence-electron chi connectivity index (χ4n) is 2.68. The zero-order chi connectivity index (χ0) is 10.7. The number of hydrogen-bond donors (Lipinski definition) is 1. The van der Waals surface area contributed by atoms with Crippen LogP contribution in [0.3, 0.4) is 0 Å². The number of rotatable bonds is 2. The smallest absolute Gasteiger partial charge is 0.0306 e. The van der Waals surface area contributed by atoms with Crippen LogP contribution >= 0.6 is 0 Å². The van der Waals surface area contributed by atoms with Gasteiger partial charge in [0.25, 0.3) is 0 Å². The summed E-state index contributed by atoms with van der Waals surface area (Å²) in [5.41, 5.74) is 8.81. The third-order valence-corrected chi connectivity index (χ3v) is 3.69. The minimum atomic E-state index is 0.220. The zero-order valence-corrected chi connectivity index (χ0v) is 9.50. The lowest BCUT2D eigenvalue weighted by Gasteiger charge is -2.36. The highest BCUT2D eigenvalue weighted by atomic mass is 14.7. The highest BCUT2D eigenvalue weighted by molar-refractivity contribution is 5.27. The predicted molar refractivity (Wildman–Crippen MR) is 62.8 cm³/mol. The van der Waals surface area contributed by atoms with Crippen LogP contribution in [0.1, 0.15) is 43.2 Å². The molecule has 1 aromatic heterocycles. The van der Waals surface area contributed by atoms with Gasteiger partial charge in [-0.3, -0.25) is 4.98 Å². The summed E-state index contributed by atoms with van der Waals surface area (Å²) >= 11 is 0. The second-order valence-electron chi connectivity index (χ2n) is 4.80. The van der Waals surface area contributed by atoms with E-state index >= 15 is 0 Å². The van der Waals surface area contributed by atoms with Crippen molar-refractivity contribution >= 4 is 0 Å². The Bertz CT molecular complexity index is 327. The SMILES string of the molecule is Cc1cncc(C2(CN)CCCCC2)c1. The van der Waals surface area contributed by atoms with E-state index < -0.39 is 0 Å². The maximum Gasteiger partial charge on any atom is 0.0306 e. The first kappa shape index (κ1) is 10.6. The molecule has 0 spiro atoms. The fourth-order valence-corrected chi connectivity index (χ4v) is 2.68. The molecule has 1 heterocycles. The summed E-state index contributed by atoms with van der Waals surface area (Å²) in [7, 11) is 0. The molecule has 0 atom stereocenters. The average Bonchev–Trinajstić information content (AvgIpc) is 2.30. The summed E-state index contributed by atoms with van der Waals surface area (Å²) < 4.78 is 0. The Morgan fingerprint density at radius 2 is 2.00 bits per heavy atom. The standard InChI is InChI=1S/C13H20N2/c1-11-7-12(9-15-8-11)13(10-14)5-3-2-4-6-13/h7-9H,2-6,10,14H2,1H3. The van der Waals surface area contributed by atoms with Gasteiger partial charge in [-0.25, -0.2) is 0 Å². The van der Waals surface area contributed by atoms with Crippen molar-refractivity contribution in [2.75, 3.05) is 6.54 Å². The summed E-state index contributed by atoms with van der Waals surface area (Å²) in [4.78, 5) is 4.30. The van der Waals surface area contributed by atoms with Gasteiger partial charge in [0.2, 0.25) is 0 Å². The van der Waals surface area contributed by atoms with Crippen molar-refractivity contribution in [3.8, 4) is 0 Å². The zero-order valence-electron chi connectivity index (χ0n) is 9.50. The van der Waals surface area contributed by atoms with Crippen LogP contribution in [-0.2, 0) is 5.41 Å². The van der Waals surface area contributed by atoms with Crippen LogP contribution in [0, 0.1) is 6.92 Å². The van der Waals surface area contributed by atoms with Gasteiger partial charge in [0.05, 0.1) is 0 Å². The molecule has 1 aliphatic carbocycles. The van der Waals surface area contributed by atoms with E-state index in [0.717, 1.165) is 6.54 Å². The first-order chi connectivity index (χ1) is 7.27. The summed E-state index contributed by atoms with van der Waals surface area (Å²) in [5, 5.41) is 0. The van der Waals surface area contributed by atoms with Crippen LogP contribution < -0.4 is 5.73 Å². The number of aromatic nitrogens is 1. The van der Waals surface area contributed by atoms with Gasteiger partial charge in [-0.2, -0.15) is 0 Å². The Labute approximate surface area is 91.9 Å². The molecule has 0 aliphatic heterocycles. The van der Waals surface area contributed by atoms with Crippen LogP contribution in [0.4, 0.5) is 0 Å². The lowest BCUT2D eigenvalue weighted by molar-refractivity contribution is 0.300. The Kier molecular flexibility index (Phi) is 3.06. The lowest BCUT2D eigenvalue weighted by Crippen LogP contribution is -2.37. The molecule has 82 valence electrons. The van der Waals surface area contributed by atoms with E-state index in [1.807, 2.05) is 12.4 Å². The first-order valence-electron chi connectivity index (χ1n) is 5.89. The molecule has 1 fully saturated rings. The molecule has 2 N–H and O–H groups in total. The summed E-state index contributed by atoms with van der Waals surface area (Å²) in [6.07, 6.45) is 10.4. The third kappa shape index (κ3) is 2.05. The minimum Gasteiger partial charge on any atom is -0.330 e. The molecule has 1 aliphatic rings. The van der Waals surface area contributed by atoms with Gasteiger partial charge in [0, 0.05) is 24.4 Å². The number of hydrogen-bond acceptors (Lipinski definition) is 2. The van der Waals surface area contributed by atoms with E-state index in [0.29, 0.717) is 0 Å². The Hall–Kier alpha value is -0.890. The fraction of sp³-hybridized carbons (Fsp3) is 0.615. The van der Waals surface area contributed by atoms with Crippen LogP contribution in [-0.4, -0.2) is 11.5 Å². The van der Waals surface area contributed by atoms with E-state index in [4.69, 9.17) is 5.73 Å². The molecule has 2 heteroatoms. The average molecular weight is 204 g/mol. The van der Waals surface area contributed by atoms with Crippen molar-refractivity contribution in [2.24, 2.45) is 5.73 Å². The van der Waals surface area contributed by atoms with Crippen molar-refractivity contribution in [3.63, 3.8) is 0 Å². The largest absolute Gasteiger partial charge is 0.330 e. The molecule has 0 aromatic carbocycles. The van der Waals surface area contributed by atoms with Gasteiger partial charge in [0.15, 0.2) is 0 Å². The van der Waals surface area contributed by atoms with E-state index in [1.165, 1.54) is 43.2 Å². The van der Waals surface area contributed by atoms with Crippen LogP contribution in [0.15, 0.2) is 18.5 Å². The van der Waals surface area contributed by atoms with Crippen molar-refractivity contribution in [2.45, 2.75) is 44.4 Å². The van der Waals surface area contributed by atoms with Gasteiger partial charge in [-0.05, 0) is 30.9 Å². The number of nitrogens with zero attached hydrogens (tertiary/aromatic N) is 1. The summed E-state index contributed by atoms with van der Waals surface area (Å²) in [6.45, 7) is 2.86. The van der Waals surface area contributed by atoms with Crippen LogP contribution in [0.5, 0.6) is 0 Å². The Balaban J connectivity index is 2.32. The van der Waals surface area contributed by atoms with E-state index in [9.17, 15) is 0 Å². The molecule has 0 bridgehead atoms. The van der Waals surface area contributed by atoms with E-state index in [2.05, 4.69) is 18.0 Å². The topological polar surface area (TPSA) is 38.9 Å². The van der Waals surface area contributed by atoms with Gasteiger partial charge < -0.3 is 5.73 Å². The van der Waals surface area contributed by atoms with Crippen molar-refractivity contribution < 1.29 is 0 Å². The summed E-state index contributed by atoms with van der Waals surface area (Å²) in [5.74, 6) is 0. The monoisotopic (exact) mass is 204 g/mol. The molecule has 0 radical (unpaired) electrons. The molecule has 2 nitrogen and oxygen atoms in total. The van der Waals surface area contributed by atoms with Gasteiger partial charge >= 0.3 is 0 Å². The quantitative estimate of drug-likeness (QED) is 0.804. The van der Waals surface area contributed by atoms with Gasteiger partial charge in [-0.15, -0.1) is 0 Å². The Morgan fingerprint density at radius 3 is 2.60 bits per heavy atom. The maximum atomic E-state index is 5.99.